The van der Waals surface area contributed by atoms with Crippen molar-refractivity contribution in [2.24, 2.45) is 4.99 Å². The lowest BCUT2D eigenvalue weighted by Crippen LogP contribution is -2.14. The average molecular weight is 288 g/mol. The van der Waals surface area contributed by atoms with Crippen LogP contribution in [-0.4, -0.2) is 10.4 Å². The summed E-state index contributed by atoms with van der Waals surface area (Å²) in [4.78, 5) is 18.0. The van der Waals surface area contributed by atoms with E-state index in [0.29, 0.717) is 0 Å². The average Bonchev–Trinajstić information content (AvgIpc) is 2.76. The number of thiazole rings is 1. The van der Waals surface area contributed by atoms with Gasteiger partial charge in [0.2, 0.25) is 0 Å². The molecule has 0 N–H and O–H groups in total. The molecule has 0 aliphatic rings. The van der Waals surface area contributed by atoms with Crippen molar-refractivity contribution in [3.63, 3.8) is 0 Å². The van der Waals surface area contributed by atoms with Crippen LogP contribution in [0.3, 0.4) is 0 Å². The number of hydrogen-bond donors (Lipinski definition) is 0. The van der Waals surface area contributed by atoms with Crippen molar-refractivity contribution in [1.82, 2.24) is 4.57 Å². The van der Waals surface area contributed by atoms with Gasteiger partial charge in [0.05, 0.1) is 10.6 Å². The van der Waals surface area contributed by atoms with E-state index >= 15 is 0 Å². The summed E-state index contributed by atoms with van der Waals surface area (Å²) in [6.45, 7) is 8.62. The zero-order valence-corrected chi connectivity index (χ0v) is 13.3. The standard InChI is InChI=1S/C16H20N2OS/c1-5-13-7-9-14(10-8-13)17-16-18(6-2)11(3)15(20-16)12(4)19/h7-10H,5-6H2,1-4H3/b17-16-. The Balaban J connectivity index is 2.52. The van der Waals surface area contributed by atoms with Crippen LogP contribution in [0.15, 0.2) is 29.3 Å². The highest BCUT2D eigenvalue weighted by Gasteiger charge is 2.12. The number of aryl methyl sites for hydroxylation is 1. The minimum absolute atomic E-state index is 0.109. The molecular weight excluding hydrogens is 268 g/mol. The van der Waals surface area contributed by atoms with E-state index in [1.54, 1.807) is 6.92 Å². The van der Waals surface area contributed by atoms with E-state index in [4.69, 9.17) is 0 Å². The Bertz CT molecular complexity index is 677. The first-order chi connectivity index (χ1) is 9.56. The van der Waals surface area contributed by atoms with Crippen LogP contribution in [0.25, 0.3) is 0 Å². The zero-order valence-electron chi connectivity index (χ0n) is 12.4. The van der Waals surface area contributed by atoms with Crippen molar-refractivity contribution in [3.8, 4) is 0 Å². The second-order valence-corrected chi connectivity index (χ2v) is 5.71. The molecule has 1 aromatic carbocycles. The van der Waals surface area contributed by atoms with Crippen molar-refractivity contribution in [3.05, 3.63) is 45.2 Å². The Labute approximate surface area is 123 Å². The third kappa shape index (κ3) is 2.90. The van der Waals surface area contributed by atoms with Crippen molar-refractivity contribution < 1.29 is 4.79 Å². The van der Waals surface area contributed by atoms with Crippen LogP contribution in [0.4, 0.5) is 5.69 Å². The second-order valence-electron chi connectivity index (χ2n) is 4.73. The molecule has 1 aromatic heterocycles. The van der Waals surface area contributed by atoms with Crippen LogP contribution >= 0.6 is 11.3 Å². The summed E-state index contributed by atoms with van der Waals surface area (Å²) in [5.41, 5.74) is 3.24. The molecule has 0 bridgehead atoms. The molecule has 0 aliphatic carbocycles. The van der Waals surface area contributed by atoms with Crippen LogP contribution in [0, 0.1) is 6.92 Å². The van der Waals surface area contributed by atoms with Crippen LogP contribution in [0.1, 0.15) is 41.7 Å². The largest absolute Gasteiger partial charge is 0.321 e. The Kier molecular flexibility index (Phi) is 4.55. The monoisotopic (exact) mass is 288 g/mol. The van der Waals surface area contributed by atoms with Gasteiger partial charge in [0.15, 0.2) is 10.6 Å². The lowest BCUT2D eigenvalue weighted by Gasteiger charge is -2.01. The van der Waals surface area contributed by atoms with E-state index < -0.39 is 0 Å². The summed E-state index contributed by atoms with van der Waals surface area (Å²) in [7, 11) is 0. The molecule has 20 heavy (non-hydrogen) atoms. The zero-order chi connectivity index (χ0) is 14.7. The summed E-state index contributed by atoms with van der Waals surface area (Å²) >= 11 is 1.47. The number of carbonyl (C=O) groups is 1. The number of aromatic nitrogens is 1. The Morgan fingerprint density at radius 2 is 1.90 bits per heavy atom. The minimum Gasteiger partial charge on any atom is -0.321 e. The van der Waals surface area contributed by atoms with Gasteiger partial charge in [0, 0.05) is 19.2 Å². The highest BCUT2D eigenvalue weighted by atomic mass is 32.1. The van der Waals surface area contributed by atoms with Crippen LogP contribution < -0.4 is 4.80 Å². The SMILES string of the molecule is CCc1ccc(/N=c2\sc(C(C)=O)c(C)n2CC)cc1. The van der Waals surface area contributed by atoms with Gasteiger partial charge in [-0.05, 0) is 38.0 Å². The van der Waals surface area contributed by atoms with Crippen molar-refractivity contribution in [2.75, 3.05) is 0 Å². The lowest BCUT2D eigenvalue weighted by atomic mass is 10.2. The first kappa shape index (κ1) is 14.7. The van der Waals surface area contributed by atoms with Crippen molar-refractivity contribution in [1.29, 1.82) is 0 Å². The predicted molar refractivity (Wildman–Crippen MR) is 83.8 cm³/mol. The van der Waals surface area contributed by atoms with E-state index in [0.717, 1.165) is 34.0 Å². The number of ketones is 1. The van der Waals surface area contributed by atoms with E-state index in [1.807, 2.05) is 19.1 Å². The highest BCUT2D eigenvalue weighted by molar-refractivity contribution is 7.11. The number of rotatable bonds is 4. The van der Waals surface area contributed by atoms with Gasteiger partial charge in [-0.1, -0.05) is 30.4 Å². The van der Waals surface area contributed by atoms with E-state index in [9.17, 15) is 4.79 Å². The molecule has 0 amide bonds. The molecule has 3 nitrogen and oxygen atoms in total. The van der Waals surface area contributed by atoms with Gasteiger partial charge >= 0.3 is 0 Å². The summed E-state index contributed by atoms with van der Waals surface area (Å²) in [6, 6.07) is 8.26. The predicted octanol–water partition coefficient (Wildman–Crippen LogP) is 3.88. The number of carbonyl (C=O) groups excluding carboxylic acids is 1. The van der Waals surface area contributed by atoms with Crippen LogP contribution in [0.2, 0.25) is 0 Å². The maximum Gasteiger partial charge on any atom is 0.190 e. The number of nitrogens with zero attached hydrogens (tertiary/aromatic N) is 2. The maximum absolute atomic E-state index is 11.6. The molecule has 0 saturated heterocycles. The molecule has 2 rings (SSSR count). The normalized spacial score (nSPS) is 11.9. The Morgan fingerprint density at radius 1 is 1.25 bits per heavy atom. The molecule has 0 unspecified atom stereocenters. The number of hydrogen-bond acceptors (Lipinski definition) is 3. The summed E-state index contributed by atoms with van der Waals surface area (Å²) in [6.07, 6.45) is 1.03. The molecule has 0 saturated carbocycles. The molecule has 106 valence electrons. The molecule has 4 heteroatoms. The minimum atomic E-state index is 0.109. The fourth-order valence-electron chi connectivity index (χ4n) is 2.19. The third-order valence-electron chi connectivity index (χ3n) is 3.36. The van der Waals surface area contributed by atoms with Gasteiger partial charge in [0.1, 0.15) is 0 Å². The third-order valence-corrected chi connectivity index (χ3v) is 4.64. The molecular formula is C16H20N2OS. The molecule has 0 fully saturated rings. The lowest BCUT2D eigenvalue weighted by molar-refractivity contribution is 0.102. The van der Waals surface area contributed by atoms with Gasteiger partial charge in [0.25, 0.3) is 0 Å². The van der Waals surface area contributed by atoms with Gasteiger partial charge in [-0.3, -0.25) is 4.79 Å². The highest BCUT2D eigenvalue weighted by Crippen LogP contribution is 2.16. The Hall–Kier alpha value is -1.68. The van der Waals surface area contributed by atoms with Crippen LogP contribution in [-0.2, 0) is 13.0 Å². The van der Waals surface area contributed by atoms with Crippen LogP contribution in [0.5, 0.6) is 0 Å². The Morgan fingerprint density at radius 3 is 2.40 bits per heavy atom. The molecule has 1 heterocycles. The molecule has 0 radical (unpaired) electrons. The molecule has 2 aromatic rings. The van der Waals surface area contributed by atoms with Gasteiger partial charge < -0.3 is 4.57 Å². The quantitative estimate of drug-likeness (QED) is 0.786. The van der Waals surface area contributed by atoms with E-state index in [1.165, 1.54) is 16.9 Å². The summed E-state index contributed by atoms with van der Waals surface area (Å²) in [5.74, 6) is 0.109. The smallest absolute Gasteiger partial charge is 0.190 e. The number of benzene rings is 1. The summed E-state index contributed by atoms with van der Waals surface area (Å²) in [5, 5.41) is 0. The fraction of sp³-hybridized carbons (Fsp3) is 0.375. The molecule has 0 atom stereocenters. The second kappa shape index (κ2) is 6.18. The fourth-order valence-corrected chi connectivity index (χ4v) is 3.30. The van der Waals surface area contributed by atoms with E-state index in [2.05, 4.69) is 35.5 Å². The van der Waals surface area contributed by atoms with Crippen molar-refractivity contribution in [2.45, 2.75) is 40.7 Å². The maximum atomic E-state index is 11.6. The summed E-state index contributed by atoms with van der Waals surface area (Å²) < 4.78 is 2.09. The van der Waals surface area contributed by atoms with Gasteiger partial charge in [-0.15, -0.1) is 0 Å². The first-order valence-corrected chi connectivity index (χ1v) is 7.73. The van der Waals surface area contributed by atoms with Crippen molar-refractivity contribution >= 4 is 22.8 Å². The molecule has 0 aliphatic heterocycles. The van der Waals surface area contributed by atoms with Gasteiger partial charge in [-0.25, -0.2) is 4.99 Å². The topological polar surface area (TPSA) is 34.4 Å². The first-order valence-electron chi connectivity index (χ1n) is 6.91. The molecule has 0 spiro atoms. The van der Waals surface area contributed by atoms with E-state index in [-0.39, 0.29) is 5.78 Å². The number of Topliss-reactive ketones (excluding diaryl/α,β-unsaturated/α-hetero) is 1. The van der Waals surface area contributed by atoms with Gasteiger partial charge in [-0.2, -0.15) is 0 Å².